The topological polar surface area (TPSA) is 65.0 Å². The second kappa shape index (κ2) is 11.2. The molecule has 3 aromatic heterocycles. The van der Waals surface area contributed by atoms with E-state index in [1.54, 1.807) is 0 Å². The standard InChI is InChI=1S/C46H31N3O2/c1-46(2)36-10-4-3-9-34(36)35-24-23-32(25-37(35)46)41-27-33(28-15-19-30(20-16-28)44-48-38-11-5-7-13-42(38)50-44)26-40(47-41)29-17-21-31(22-18-29)45-49-39-12-6-8-14-43(39)51-45/h3-27H,1-2H3. The predicted octanol–water partition coefficient (Wildman–Crippen LogP) is 12.0. The van der Waals surface area contributed by atoms with E-state index in [9.17, 15) is 0 Å². The number of aromatic nitrogens is 3. The molecule has 0 radical (unpaired) electrons. The molecule has 5 heteroatoms. The van der Waals surface area contributed by atoms with Crippen molar-refractivity contribution in [1.29, 1.82) is 0 Å². The molecule has 0 amide bonds. The molecule has 3 heterocycles. The molecule has 6 aromatic carbocycles. The molecule has 0 saturated heterocycles. The van der Waals surface area contributed by atoms with E-state index in [4.69, 9.17) is 23.8 Å². The molecule has 0 saturated carbocycles. The fraction of sp³-hybridized carbons (Fsp3) is 0.0652. The first-order valence-electron chi connectivity index (χ1n) is 17.2. The van der Waals surface area contributed by atoms with Crippen molar-refractivity contribution in [1.82, 2.24) is 15.0 Å². The average molecular weight is 658 g/mol. The van der Waals surface area contributed by atoms with Gasteiger partial charge in [0, 0.05) is 27.7 Å². The number of oxazole rings is 2. The van der Waals surface area contributed by atoms with Gasteiger partial charge in [0.25, 0.3) is 0 Å². The third-order valence-electron chi connectivity index (χ3n) is 10.2. The summed E-state index contributed by atoms with van der Waals surface area (Å²) in [5.74, 6) is 1.21. The summed E-state index contributed by atoms with van der Waals surface area (Å²) in [6, 6.07) is 52.3. The monoisotopic (exact) mass is 657 g/mol. The van der Waals surface area contributed by atoms with Crippen LogP contribution < -0.4 is 0 Å². The Hall–Kier alpha value is -6.59. The van der Waals surface area contributed by atoms with Crippen LogP contribution in [0.5, 0.6) is 0 Å². The summed E-state index contributed by atoms with van der Waals surface area (Å²) in [4.78, 5) is 14.7. The zero-order valence-electron chi connectivity index (χ0n) is 28.1. The van der Waals surface area contributed by atoms with Gasteiger partial charge < -0.3 is 8.83 Å². The molecule has 0 spiro atoms. The smallest absolute Gasteiger partial charge is 0.227 e. The molecule has 0 N–H and O–H groups in total. The molecule has 0 unspecified atom stereocenters. The van der Waals surface area contributed by atoms with Gasteiger partial charge in [-0.05, 0) is 100 Å². The third-order valence-corrected chi connectivity index (χ3v) is 10.2. The zero-order valence-corrected chi connectivity index (χ0v) is 28.1. The summed E-state index contributed by atoms with van der Waals surface area (Å²) in [6.07, 6.45) is 0. The van der Waals surface area contributed by atoms with Crippen molar-refractivity contribution < 1.29 is 8.83 Å². The van der Waals surface area contributed by atoms with Gasteiger partial charge in [-0.15, -0.1) is 0 Å². The first-order valence-corrected chi connectivity index (χ1v) is 17.2. The quantitative estimate of drug-likeness (QED) is 0.184. The van der Waals surface area contributed by atoms with Crippen molar-refractivity contribution in [2.75, 3.05) is 0 Å². The number of benzene rings is 6. The Morgan fingerprint density at radius 3 is 1.51 bits per heavy atom. The molecule has 0 bridgehead atoms. The van der Waals surface area contributed by atoms with Crippen molar-refractivity contribution in [3.8, 4) is 67.7 Å². The Morgan fingerprint density at radius 1 is 0.392 bits per heavy atom. The predicted molar refractivity (Wildman–Crippen MR) is 204 cm³/mol. The van der Waals surface area contributed by atoms with Gasteiger partial charge in [-0.2, -0.15) is 0 Å². The van der Waals surface area contributed by atoms with Crippen LogP contribution in [0.2, 0.25) is 0 Å². The van der Waals surface area contributed by atoms with Crippen molar-refractivity contribution in [3.63, 3.8) is 0 Å². The number of hydrogen-bond acceptors (Lipinski definition) is 5. The molecular weight excluding hydrogens is 627 g/mol. The van der Waals surface area contributed by atoms with E-state index in [2.05, 4.69) is 117 Å². The maximum atomic E-state index is 6.06. The van der Waals surface area contributed by atoms with Gasteiger partial charge in [0.2, 0.25) is 11.8 Å². The number of pyridine rings is 1. The number of fused-ring (bicyclic) bond motifs is 5. The van der Waals surface area contributed by atoms with E-state index in [1.807, 2.05) is 48.5 Å². The summed E-state index contributed by atoms with van der Waals surface area (Å²) >= 11 is 0. The van der Waals surface area contributed by atoms with E-state index < -0.39 is 0 Å². The Morgan fingerprint density at radius 2 is 0.882 bits per heavy atom. The van der Waals surface area contributed by atoms with Gasteiger partial charge in [0.1, 0.15) is 11.0 Å². The highest BCUT2D eigenvalue weighted by Crippen LogP contribution is 2.49. The third kappa shape index (κ3) is 4.89. The van der Waals surface area contributed by atoms with Gasteiger partial charge in [0.05, 0.1) is 11.4 Å². The number of rotatable bonds is 5. The summed E-state index contributed by atoms with van der Waals surface area (Å²) in [5, 5.41) is 0. The van der Waals surface area contributed by atoms with Gasteiger partial charge >= 0.3 is 0 Å². The summed E-state index contributed by atoms with van der Waals surface area (Å²) in [6.45, 7) is 4.63. The number of hydrogen-bond donors (Lipinski definition) is 0. The Balaban J connectivity index is 1.07. The normalized spacial score (nSPS) is 13.1. The van der Waals surface area contributed by atoms with E-state index in [0.717, 1.165) is 67.0 Å². The molecule has 0 atom stereocenters. The fourth-order valence-corrected chi connectivity index (χ4v) is 7.44. The highest BCUT2D eigenvalue weighted by Gasteiger charge is 2.35. The molecular formula is C46H31N3O2. The molecule has 0 fully saturated rings. The van der Waals surface area contributed by atoms with Gasteiger partial charge in [0.15, 0.2) is 11.2 Å². The molecule has 1 aliphatic carbocycles. The molecule has 1 aliphatic rings. The summed E-state index contributed by atoms with van der Waals surface area (Å²) in [7, 11) is 0. The van der Waals surface area contributed by atoms with Crippen LogP contribution in [-0.2, 0) is 5.41 Å². The minimum absolute atomic E-state index is 0.108. The van der Waals surface area contributed by atoms with Crippen LogP contribution in [0.25, 0.3) is 89.9 Å². The molecule has 10 rings (SSSR count). The molecule has 51 heavy (non-hydrogen) atoms. The minimum atomic E-state index is -0.108. The summed E-state index contributed by atoms with van der Waals surface area (Å²) in [5.41, 5.74) is 16.3. The van der Waals surface area contributed by atoms with Crippen LogP contribution in [0.3, 0.4) is 0 Å². The summed E-state index contributed by atoms with van der Waals surface area (Å²) < 4.78 is 12.1. The lowest BCUT2D eigenvalue weighted by atomic mass is 9.82. The van der Waals surface area contributed by atoms with Crippen molar-refractivity contribution >= 4 is 22.2 Å². The zero-order chi connectivity index (χ0) is 34.1. The highest BCUT2D eigenvalue weighted by atomic mass is 16.4. The van der Waals surface area contributed by atoms with E-state index in [1.165, 1.54) is 22.3 Å². The maximum absolute atomic E-state index is 6.06. The molecule has 242 valence electrons. The molecule has 5 nitrogen and oxygen atoms in total. The van der Waals surface area contributed by atoms with Gasteiger partial charge in [-0.3, -0.25) is 0 Å². The Labute approximate surface area is 294 Å². The molecule has 0 aliphatic heterocycles. The largest absolute Gasteiger partial charge is 0.436 e. The minimum Gasteiger partial charge on any atom is -0.436 e. The van der Waals surface area contributed by atoms with Crippen molar-refractivity contribution in [3.05, 3.63) is 163 Å². The maximum Gasteiger partial charge on any atom is 0.227 e. The van der Waals surface area contributed by atoms with Crippen LogP contribution in [0.4, 0.5) is 0 Å². The van der Waals surface area contributed by atoms with Gasteiger partial charge in [-0.25, -0.2) is 15.0 Å². The second-order valence-electron chi connectivity index (χ2n) is 13.7. The SMILES string of the molecule is CC1(C)c2ccccc2-c2ccc(-c3cc(-c4ccc(-c5nc6ccccc6o5)cc4)cc(-c4ccc(-c5nc6ccccc6o5)cc4)n3)cc21. The first kappa shape index (κ1) is 29.3. The lowest BCUT2D eigenvalue weighted by molar-refractivity contribution is 0.619. The highest BCUT2D eigenvalue weighted by molar-refractivity contribution is 5.85. The number of nitrogens with zero attached hydrogens (tertiary/aromatic N) is 3. The van der Waals surface area contributed by atoms with Crippen molar-refractivity contribution in [2.24, 2.45) is 0 Å². The van der Waals surface area contributed by atoms with E-state index >= 15 is 0 Å². The number of para-hydroxylation sites is 4. The second-order valence-corrected chi connectivity index (χ2v) is 13.7. The molecule has 9 aromatic rings. The van der Waals surface area contributed by atoms with Gasteiger partial charge in [-0.1, -0.05) is 98.8 Å². The van der Waals surface area contributed by atoms with Crippen molar-refractivity contribution in [2.45, 2.75) is 19.3 Å². The first-order chi connectivity index (χ1) is 25.0. The lowest BCUT2D eigenvalue weighted by Gasteiger charge is -2.22. The van der Waals surface area contributed by atoms with E-state index in [-0.39, 0.29) is 5.41 Å². The van der Waals surface area contributed by atoms with Crippen LogP contribution in [-0.4, -0.2) is 15.0 Å². The lowest BCUT2D eigenvalue weighted by Crippen LogP contribution is -2.14. The Bertz CT molecular complexity index is 2570. The fourth-order valence-electron chi connectivity index (χ4n) is 7.44. The van der Waals surface area contributed by atoms with Crippen LogP contribution >= 0.6 is 0 Å². The van der Waals surface area contributed by atoms with E-state index in [0.29, 0.717) is 11.8 Å². The Kier molecular flexibility index (Phi) is 6.46. The van der Waals surface area contributed by atoms with Crippen LogP contribution in [0.1, 0.15) is 25.0 Å². The van der Waals surface area contributed by atoms with Crippen LogP contribution in [0.15, 0.2) is 160 Å². The average Bonchev–Trinajstić information content (AvgIpc) is 3.88. The van der Waals surface area contributed by atoms with Crippen LogP contribution in [0, 0.1) is 0 Å².